The Morgan fingerprint density at radius 3 is 2.68 bits per heavy atom. The zero-order valence-electron chi connectivity index (χ0n) is 12.9. The summed E-state index contributed by atoms with van der Waals surface area (Å²) < 4.78 is 5.56. The van der Waals surface area contributed by atoms with E-state index < -0.39 is 0 Å². The molecule has 22 heavy (non-hydrogen) atoms. The van der Waals surface area contributed by atoms with Gasteiger partial charge in [0.05, 0.1) is 6.54 Å². The molecule has 1 aromatic carbocycles. The minimum atomic E-state index is -0.107. The van der Waals surface area contributed by atoms with Crippen molar-refractivity contribution < 1.29 is 14.3 Å². The Morgan fingerprint density at radius 2 is 2.00 bits per heavy atom. The topological polar surface area (TPSA) is 70.7 Å². The first-order valence-corrected chi connectivity index (χ1v) is 7.43. The molecule has 122 valence electrons. The molecule has 2 N–H and O–H groups in total. The molecular weight excluding hydrogens is 306 g/mol. The summed E-state index contributed by atoms with van der Waals surface area (Å²) in [5.74, 6) is 0.515. The van der Waals surface area contributed by atoms with Crippen molar-refractivity contribution in [2.45, 2.75) is 6.92 Å². The van der Waals surface area contributed by atoms with Gasteiger partial charge in [0.25, 0.3) is 0 Å². The first-order valence-electron chi connectivity index (χ1n) is 7.05. The molecule has 0 saturated heterocycles. The van der Waals surface area contributed by atoms with Crippen LogP contribution in [0.4, 0.5) is 0 Å². The van der Waals surface area contributed by atoms with Crippen LogP contribution in [0, 0.1) is 0 Å². The molecule has 0 bridgehead atoms. The van der Waals surface area contributed by atoms with E-state index in [1.807, 2.05) is 24.1 Å². The van der Waals surface area contributed by atoms with Crippen LogP contribution in [0.15, 0.2) is 24.3 Å². The lowest BCUT2D eigenvalue weighted by molar-refractivity contribution is -0.122. The highest BCUT2D eigenvalue weighted by atomic mass is 35.5. The molecule has 1 aromatic rings. The second-order valence-corrected chi connectivity index (χ2v) is 5.31. The Kier molecular flexibility index (Phi) is 8.32. The van der Waals surface area contributed by atoms with Crippen LogP contribution in [0.2, 0.25) is 5.02 Å². The number of nitrogens with one attached hydrogen (secondary N) is 2. The van der Waals surface area contributed by atoms with E-state index in [9.17, 15) is 9.59 Å². The highest BCUT2D eigenvalue weighted by molar-refractivity contribution is 6.30. The van der Waals surface area contributed by atoms with E-state index in [0.29, 0.717) is 37.0 Å². The van der Waals surface area contributed by atoms with E-state index in [2.05, 4.69) is 10.6 Å². The molecule has 0 atom stereocenters. The Bertz CT molecular complexity index is 497. The molecule has 0 aliphatic heterocycles. The van der Waals surface area contributed by atoms with E-state index in [1.165, 1.54) is 6.92 Å². The molecule has 0 saturated carbocycles. The molecule has 2 amide bonds. The summed E-state index contributed by atoms with van der Waals surface area (Å²) in [7, 11) is 1.84. The standard InChI is InChI=1S/C15H22ClN3O3/c1-12(20)17-6-7-18-15(21)11-19(2)8-9-22-14-5-3-4-13(16)10-14/h3-5,10H,6-9,11H2,1-2H3,(H,17,20)(H,18,21). The van der Waals surface area contributed by atoms with Gasteiger partial charge in [-0.3, -0.25) is 14.5 Å². The number of likely N-dealkylation sites (N-methyl/N-ethyl adjacent to an activating group) is 1. The van der Waals surface area contributed by atoms with Crippen molar-refractivity contribution in [2.24, 2.45) is 0 Å². The number of hydrogen-bond acceptors (Lipinski definition) is 4. The minimum Gasteiger partial charge on any atom is -0.492 e. The van der Waals surface area contributed by atoms with Crippen LogP contribution < -0.4 is 15.4 Å². The summed E-state index contributed by atoms with van der Waals surface area (Å²) in [6, 6.07) is 7.19. The molecule has 1 rings (SSSR count). The van der Waals surface area contributed by atoms with E-state index >= 15 is 0 Å². The molecule has 0 aromatic heterocycles. The van der Waals surface area contributed by atoms with Crippen molar-refractivity contribution in [3.8, 4) is 5.75 Å². The molecule has 0 spiro atoms. The van der Waals surface area contributed by atoms with Crippen LogP contribution in [-0.2, 0) is 9.59 Å². The van der Waals surface area contributed by atoms with Crippen molar-refractivity contribution in [1.29, 1.82) is 0 Å². The summed E-state index contributed by atoms with van der Waals surface area (Å²) in [5, 5.41) is 5.97. The fourth-order valence-electron chi connectivity index (χ4n) is 1.70. The third-order valence-corrected chi connectivity index (χ3v) is 3.01. The fraction of sp³-hybridized carbons (Fsp3) is 0.467. The molecule has 0 aliphatic rings. The van der Waals surface area contributed by atoms with Crippen LogP contribution >= 0.6 is 11.6 Å². The predicted octanol–water partition coefficient (Wildman–Crippen LogP) is 0.903. The lowest BCUT2D eigenvalue weighted by Gasteiger charge is -2.16. The minimum absolute atomic E-state index is 0.0874. The van der Waals surface area contributed by atoms with Gasteiger partial charge in [-0.25, -0.2) is 0 Å². The van der Waals surface area contributed by atoms with Gasteiger partial charge in [-0.15, -0.1) is 0 Å². The molecule has 7 heteroatoms. The van der Waals surface area contributed by atoms with Crippen molar-refractivity contribution in [3.63, 3.8) is 0 Å². The van der Waals surface area contributed by atoms with Gasteiger partial charge in [0.2, 0.25) is 11.8 Å². The first-order chi connectivity index (χ1) is 10.5. The van der Waals surface area contributed by atoms with Gasteiger partial charge < -0.3 is 15.4 Å². The number of carbonyl (C=O) groups is 2. The Labute approximate surface area is 135 Å². The van der Waals surface area contributed by atoms with Crippen LogP contribution in [-0.4, -0.2) is 56.5 Å². The van der Waals surface area contributed by atoms with Crippen molar-refractivity contribution in [3.05, 3.63) is 29.3 Å². The maximum atomic E-state index is 11.7. The average Bonchev–Trinajstić information content (AvgIpc) is 2.43. The molecule has 0 aliphatic carbocycles. The lowest BCUT2D eigenvalue weighted by atomic mass is 10.3. The van der Waals surface area contributed by atoms with Crippen molar-refractivity contribution in [1.82, 2.24) is 15.5 Å². The number of amides is 2. The smallest absolute Gasteiger partial charge is 0.234 e. The highest BCUT2D eigenvalue weighted by Crippen LogP contribution is 2.16. The highest BCUT2D eigenvalue weighted by Gasteiger charge is 2.06. The number of nitrogens with zero attached hydrogens (tertiary/aromatic N) is 1. The first kappa shape index (κ1) is 18.3. The van der Waals surface area contributed by atoms with Gasteiger partial charge in [-0.2, -0.15) is 0 Å². The quantitative estimate of drug-likeness (QED) is 0.661. The summed E-state index contributed by atoms with van der Waals surface area (Å²) in [5.41, 5.74) is 0. The van der Waals surface area contributed by atoms with Crippen LogP contribution in [0.5, 0.6) is 5.75 Å². The third kappa shape index (κ3) is 8.49. The molecule has 0 fully saturated rings. The normalized spacial score (nSPS) is 10.4. The van der Waals surface area contributed by atoms with Gasteiger partial charge in [0.1, 0.15) is 12.4 Å². The van der Waals surface area contributed by atoms with E-state index in [4.69, 9.17) is 16.3 Å². The van der Waals surface area contributed by atoms with E-state index in [-0.39, 0.29) is 18.4 Å². The third-order valence-electron chi connectivity index (χ3n) is 2.77. The molecule has 0 heterocycles. The van der Waals surface area contributed by atoms with Gasteiger partial charge in [0, 0.05) is 31.6 Å². The second kappa shape index (κ2) is 10.0. The largest absolute Gasteiger partial charge is 0.492 e. The zero-order valence-corrected chi connectivity index (χ0v) is 13.7. The monoisotopic (exact) mass is 327 g/mol. The Hall–Kier alpha value is -1.79. The van der Waals surface area contributed by atoms with E-state index in [1.54, 1.807) is 12.1 Å². The summed E-state index contributed by atoms with van der Waals surface area (Å²) >= 11 is 5.87. The summed E-state index contributed by atoms with van der Waals surface area (Å²) in [6.07, 6.45) is 0. The number of rotatable bonds is 9. The predicted molar refractivity (Wildman–Crippen MR) is 86.1 cm³/mol. The number of ether oxygens (including phenoxy) is 1. The molecule has 6 nitrogen and oxygen atoms in total. The average molecular weight is 328 g/mol. The van der Waals surface area contributed by atoms with Crippen LogP contribution in [0.25, 0.3) is 0 Å². The number of benzene rings is 1. The maximum Gasteiger partial charge on any atom is 0.234 e. The zero-order chi connectivity index (χ0) is 16.4. The molecule has 0 radical (unpaired) electrons. The number of halogens is 1. The SMILES string of the molecule is CC(=O)NCCNC(=O)CN(C)CCOc1cccc(Cl)c1. The van der Waals surface area contributed by atoms with Gasteiger partial charge in [-0.1, -0.05) is 17.7 Å². The maximum absolute atomic E-state index is 11.7. The van der Waals surface area contributed by atoms with Crippen molar-refractivity contribution >= 4 is 23.4 Å². The lowest BCUT2D eigenvalue weighted by Crippen LogP contribution is -2.40. The van der Waals surface area contributed by atoms with Crippen LogP contribution in [0.1, 0.15) is 6.92 Å². The second-order valence-electron chi connectivity index (χ2n) is 4.88. The molecule has 0 unspecified atom stereocenters. The fourth-order valence-corrected chi connectivity index (χ4v) is 1.88. The Balaban J connectivity index is 2.13. The Morgan fingerprint density at radius 1 is 1.27 bits per heavy atom. The van der Waals surface area contributed by atoms with Gasteiger partial charge in [0.15, 0.2) is 0 Å². The van der Waals surface area contributed by atoms with Gasteiger partial charge >= 0.3 is 0 Å². The van der Waals surface area contributed by atoms with Gasteiger partial charge in [-0.05, 0) is 25.2 Å². The summed E-state index contributed by atoms with van der Waals surface area (Å²) in [6.45, 7) is 3.66. The van der Waals surface area contributed by atoms with Crippen LogP contribution in [0.3, 0.4) is 0 Å². The number of carbonyl (C=O) groups excluding carboxylic acids is 2. The summed E-state index contributed by atoms with van der Waals surface area (Å²) in [4.78, 5) is 24.2. The van der Waals surface area contributed by atoms with E-state index in [0.717, 1.165) is 0 Å². The molecular formula is C15H22ClN3O3. The number of hydrogen-bond donors (Lipinski definition) is 2. The van der Waals surface area contributed by atoms with Crippen molar-refractivity contribution in [2.75, 3.05) is 39.8 Å².